The number of carbonyl (C=O) groups is 2. The first-order valence-electron chi connectivity index (χ1n) is 9.85. The summed E-state index contributed by atoms with van der Waals surface area (Å²) in [5.74, 6) is -1.26. The Balaban J connectivity index is 2.05. The van der Waals surface area contributed by atoms with E-state index in [0.29, 0.717) is 21.7 Å². The molecule has 0 radical (unpaired) electrons. The van der Waals surface area contributed by atoms with E-state index in [4.69, 9.17) is 39.7 Å². The van der Waals surface area contributed by atoms with Crippen LogP contribution < -0.4 is 11.1 Å². The van der Waals surface area contributed by atoms with Crippen molar-refractivity contribution in [2.45, 2.75) is 18.5 Å². The molecular weight excluding hydrogens is 469 g/mol. The van der Waals surface area contributed by atoms with Crippen LogP contribution in [0.2, 0.25) is 5.02 Å². The Kier molecular flexibility index (Phi) is 6.89. The third kappa shape index (κ3) is 4.76. The number of ether oxygens (including phenoxy) is 1. The lowest BCUT2D eigenvalue weighted by atomic mass is 9.91. The number of amides is 2. The van der Waals surface area contributed by atoms with Gasteiger partial charge in [0.15, 0.2) is 5.96 Å². The maximum atomic E-state index is 13.9. The zero-order chi connectivity index (χ0) is 24.5. The summed E-state index contributed by atoms with van der Waals surface area (Å²) in [6.45, 7) is 1.30. The number of halogens is 2. The molecule has 2 aromatic rings. The zero-order valence-electron chi connectivity index (χ0n) is 18.2. The topological polar surface area (TPSA) is 112 Å². The molecule has 11 heteroatoms. The molecule has 4 N–H and O–H groups in total. The first-order valence-corrected chi connectivity index (χ1v) is 10.6. The van der Waals surface area contributed by atoms with Crippen LogP contribution in [0.4, 0.5) is 9.18 Å². The van der Waals surface area contributed by atoms with E-state index in [1.165, 1.54) is 42.1 Å². The van der Waals surface area contributed by atoms with Crippen molar-refractivity contribution in [1.82, 2.24) is 15.1 Å². The van der Waals surface area contributed by atoms with Crippen LogP contribution in [0.3, 0.4) is 0 Å². The minimum absolute atomic E-state index is 0.0523. The highest BCUT2D eigenvalue weighted by Gasteiger charge is 2.50. The number of hydrogen-bond acceptors (Lipinski definition) is 5. The molecule has 1 heterocycles. The summed E-state index contributed by atoms with van der Waals surface area (Å²) < 4.78 is 19.2. The van der Waals surface area contributed by atoms with Gasteiger partial charge in [-0.25, -0.2) is 9.18 Å². The minimum atomic E-state index is -1.40. The van der Waals surface area contributed by atoms with Crippen molar-refractivity contribution in [3.63, 3.8) is 0 Å². The normalized spacial score (nSPS) is 18.6. The Labute approximate surface area is 200 Å². The van der Waals surface area contributed by atoms with Crippen molar-refractivity contribution >= 4 is 46.8 Å². The minimum Gasteiger partial charge on any atom is -0.447 e. The molecule has 0 unspecified atom stereocenters. The molecule has 174 valence electrons. The molecule has 1 saturated heterocycles. The van der Waals surface area contributed by atoms with E-state index in [2.05, 4.69) is 5.32 Å². The van der Waals surface area contributed by atoms with E-state index >= 15 is 0 Å². The van der Waals surface area contributed by atoms with E-state index < -0.39 is 29.4 Å². The van der Waals surface area contributed by atoms with Crippen molar-refractivity contribution in [3.05, 3.63) is 70.0 Å². The number of benzene rings is 2. The van der Waals surface area contributed by atoms with E-state index in [0.717, 1.165) is 0 Å². The molecule has 1 aliphatic rings. The number of thiocarbonyl (C=S) groups is 1. The molecule has 0 spiro atoms. The molecule has 33 heavy (non-hydrogen) atoms. The second kappa shape index (κ2) is 9.32. The summed E-state index contributed by atoms with van der Waals surface area (Å²) in [7, 11) is 3.05. The van der Waals surface area contributed by atoms with Gasteiger partial charge in [-0.2, -0.15) is 0 Å². The Bertz CT molecular complexity index is 1140. The Morgan fingerprint density at radius 2 is 2.06 bits per heavy atom. The molecule has 3 rings (SSSR count). The fraction of sp³-hybridized carbons (Fsp3) is 0.273. The summed E-state index contributed by atoms with van der Waals surface area (Å²) in [6.07, 6.45) is -0.623. The molecule has 2 atom stereocenters. The van der Waals surface area contributed by atoms with Gasteiger partial charge in [-0.05, 0) is 42.3 Å². The number of nitrogens with one attached hydrogen (secondary N) is 2. The maximum Gasteiger partial charge on any atom is 0.409 e. The van der Waals surface area contributed by atoms with E-state index in [-0.39, 0.29) is 17.6 Å². The average molecular weight is 492 g/mol. The van der Waals surface area contributed by atoms with Gasteiger partial charge in [-0.3, -0.25) is 15.1 Å². The second-order valence-electron chi connectivity index (χ2n) is 7.87. The second-order valence-corrected chi connectivity index (χ2v) is 8.72. The van der Waals surface area contributed by atoms with Crippen molar-refractivity contribution < 1.29 is 18.7 Å². The summed E-state index contributed by atoms with van der Waals surface area (Å²) in [5, 5.41) is 11.7. The standard InChI is InChI=1S/C22H23ClFN5O3S/c1-22(13-5-4-6-14(24)10-13)19(30)29(20(26)27-22)17(11-32-21(31)28(2)3)12-7-8-16(23)15(9-12)18(25)33/h4-10,17H,11H2,1-3H3,(H2,25,33)(H2,26,27)/t17-,22-/m1/s1. The Morgan fingerprint density at radius 1 is 1.36 bits per heavy atom. The lowest BCUT2D eigenvalue weighted by Gasteiger charge is -2.29. The van der Waals surface area contributed by atoms with Crippen molar-refractivity contribution in [2.24, 2.45) is 5.73 Å². The first kappa shape index (κ1) is 24.4. The number of nitrogens with zero attached hydrogens (tertiary/aromatic N) is 2. The molecular formula is C22H23ClFN5O3S. The number of guanidine groups is 1. The lowest BCUT2D eigenvalue weighted by molar-refractivity contribution is -0.133. The predicted octanol–water partition coefficient (Wildman–Crippen LogP) is 3.13. The van der Waals surface area contributed by atoms with Gasteiger partial charge in [0.2, 0.25) is 0 Å². The fourth-order valence-corrected chi connectivity index (χ4v) is 3.97. The summed E-state index contributed by atoms with van der Waals surface area (Å²) in [4.78, 5) is 28.2. The molecule has 8 nitrogen and oxygen atoms in total. The van der Waals surface area contributed by atoms with Gasteiger partial charge in [0.05, 0.1) is 11.1 Å². The predicted molar refractivity (Wildman–Crippen MR) is 127 cm³/mol. The van der Waals surface area contributed by atoms with Crippen LogP contribution in [-0.4, -0.2) is 53.5 Å². The first-order chi connectivity index (χ1) is 15.5. The van der Waals surface area contributed by atoms with E-state index in [1.807, 2.05) is 0 Å². The third-order valence-corrected chi connectivity index (χ3v) is 5.89. The largest absolute Gasteiger partial charge is 0.447 e. The Hall–Kier alpha value is -3.24. The van der Waals surface area contributed by atoms with Crippen LogP contribution in [0.25, 0.3) is 0 Å². The maximum absolute atomic E-state index is 13.9. The average Bonchev–Trinajstić information content (AvgIpc) is 2.98. The molecule has 2 aromatic carbocycles. The number of rotatable bonds is 6. The molecule has 2 amide bonds. The quantitative estimate of drug-likeness (QED) is 0.535. The molecule has 0 saturated carbocycles. The monoisotopic (exact) mass is 491 g/mol. The highest BCUT2D eigenvalue weighted by atomic mass is 35.5. The fourth-order valence-electron chi connectivity index (χ4n) is 3.52. The van der Waals surface area contributed by atoms with Crippen LogP contribution in [0.1, 0.15) is 29.7 Å². The van der Waals surface area contributed by atoms with Crippen molar-refractivity contribution in [1.29, 1.82) is 5.41 Å². The molecule has 0 aromatic heterocycles. The van der Waals surface area contributed by atoms with Gasteiger partial charge < -0.3 is 20.7 Å². The smallest absolute Gasteiger partial charge is 0.409 e. The van der Waals surface area contributed by atoms with Crippen LogP contribution in [0, 0.1) is 11.2 Å². The van der Waals surface area contributed by atoms with Crippen molar-refractivity contribution in [3.8, 4) is 0 Å². The third-order valence-electron chi connectivity index (χ3n) is 5.34. The summed E-state index contributed by atoms with van der Waals surface area (Å²) in [6, 6.07) is 9.48. The molecule has 1 fully saturated rings. The van der Waals surface area contributed by atoms with E-state index in [9.17, 15) is 14.0 Å². The van der Waals surface area contributed by atoms with Crippen LogP contribution in [0.15, 0.2) is 42.5 Å². The lowest BCUT2D eigenvalue weighted by Crippen LogP contribution is -2.42. The number of hydrogen-bond donors (Lipinski definition) is 3. The molecule has 0 bridgehead atoms. The van der Waals surface area contributed by atoms with Gasteiger partial charge in [0.1, 0.15) is 23.0 Å². The zero-order valence-corrected chi connectivity index (χ0v) is 19.8. The highest BCUT2D eigenvalue weighted by molar-refractivity contribution is 7.80. The van der Waals surface area contributed by atoms with Crippen LogP contribution in [-0.2, 0) is 15.1 Å². The highest BCUT2D eigenvalue weighted by Crippen LogP contribution is 2.35. The van der Waals surface area contributed by atoms with Crippen LogP contribution in [0.5, 0.6) is 0 Å². The summed E-state index contributed by atoms with van der Waals surface area (Å²) in [5.41, 5.74) is 5.60. The van der Waals surface area contributed by atoms with Crippen LogP contribution >= 0.6 is 23.8 Å². The SMILES string of the molecule is CN(C)C(=O)OC[C@H](c1ccc(Cl)c(C(N)=S)c1)N1C(=N)N[C@](C)(c2cccc(F)c2)C1=O. The van der Waals surface area contributed by atoms with Gasteiger partial charge >= 0.3 is 6.09 Å². The van der Waals surface area contributed by atoms with Gasteiger partial charge in [-0.15, -0.1) is 0 Å². The van der Waals surface area contributed by atoms with Gasteiger partial charge in [0, 0.05) is 19.7 Å². The van der Waals surface area contributed by atoms with Gasteiger partial charge in [-0.1, -0.05) is 42.0 Å². The number of carbonyl (C=O) groups excluding carboxylic acids is 2. The number of nitrogens with two attached hydrogens (primary N) is 1. The molecule has 0 aliphatic carbocycles. The van der Waals surface area contributed by atoms with Gasteiger partial charge in [0.25, 0.3) is 5.91 Å². The summed E-state index contributed by atoms with van der Waals surface area (Å²) >= 11 is 11.3. The van der Waals surface area contributed by atoms with Crippen molar-refractivity contribution in [2.75, 3.05) is 20.7 Å². The molecule has 1 aliphatic heterocycles. The Morgan fingerprint density at radius 3 is 2.67 bits per heavy atom. The van der Waals surface area contributed by atoms with E-state index in [1.54, 1.807) is 31.2 Å².